The van der Waals surface area contributed by atoms with Crippen LogP contribution in [0.15, 0.2) is 29.2 Å². The lowest BCUT2D eigenvalue weighted by Gasteiger charge is -2.20. The highest BCUT2D eigenvalue weighted by Gasteiger charge is 2.22. The second-order valence-electron chi connectivity index (χ2n) is 5.60. The van der Waals surface area contributed by atoms with Gasteiger partial charge in [0.25, 0.3) is 0 Å². The van der Waals surface area contributed by atoms with Gasteiger partial charge >= 0.3 is 0 Å². The first-order valence-corrected chi connectivity index (χ1v) is 8.14. The Morgan fingerprint density at radius 3 is 2.89 bits per heavy atom. The van der Waals surface area contributed by atoms with Crippen molar-refractivity contribution >= 4 is 11.8 Å². The zero-order valence-corrected chi connectivity index (χ0v) is 12.6. The van der Waals surface area contributed by atoms with Crippen molar-refractivity contribution in [3.8, 4) is 0 Å². The summed E-state index contributed by atoms with van der Waals surface area (Å²) in [5.74, 6) is 2.77. The molecule has 0 bridgehead atoms. The van der Waals surface area contributed by atoms with E-state index in [1.165, 1.54) is 23.5 Å². The molecule has 1 aliphatic rings. The van der Waals surface area contributed by atoms with Gasteiger partial charge in [0.15, 0.2) is 0 Å². The van der Waals surface area contributed by atoms with Crippen LogP contribution in [0.4, 0.5) is 0 Å². The lowest BCUT2D eigenvalue weighted by atomic mass is 9.98. The molecule has 1 nitrogen and oxygen atoms in total. The first kappa shape index (κ1) is 14.0. The zero-order chi connectivity index (χ0) is 13.0. The molecule has 0 aliphatic carbocycles. The Hall–Kier alpha value is -0.470. The third-order valence-corrected chi connectivity index (χ3v) is 5.22. The molecule has 100 valence electrons. The number of rotatable bonds is 6. The van der Waals surface area contributed by atoms with Crippen LogP contribution in [0.3, 0.4) is 0 Å². The molecule has 3 atom stereocenters. The first-order chi connectivity index (χ1) is 8.70. The van der Waals surface area contributed by atoms with E-state index in [1.807, 2.05) is 11.8 Å². The van der Waals surface area contributed by atoms with Gasteiger partial charge in [-0.2, -0.15) is 0 Å². The van der Waals surface area contributed by atoms with Crippen molar-refractivity contribution in [1.29, 1.82) is 0 Å². The maximum atomic E-state index is 3.72. The summed E-state index contributed by atoms with van der Waals surface area (Å²) >= 11 is 2.01. The summed E-state index contributed by atoms with van der Waals surface area (Å²) in [6, 6.07) is 9.49. The fourth-order valence-electron chi connectivity index (χ4n) is 2.60. The molecule has 0 radical (unpaired) electrons. The highest BCUT2D eigenvalue weighted by molar-refractivity contribution is 7.99. The smallest absolute Gasteiger partial charge is 0.0108 e. The molecule has 1 aromatic rings. The van der Waals surface area contributed by atoms with Crippen molar-refractivity contribution in [2.24, 2.45) is 5.92 Å². The average Bonchev–Trinajstić information content (AvgIpc) is 2.79. The average molecular weight is 263 g/mol. The van der Waals surface area contributed by atoms with Gasteiger partial charge in [0, 0.05) is 29.2 Å². The monoisotopic (exact) mass is 263 g/mol. The van der Waals surface area contributed by atoms with Crippen molar-refractivity contribution in [3.05, 3.63) is 29.8 Å². The van der Waals surface area contributed by atoms with Crippen LogP contribution in [0.2, 0.25) is 0 Å². The van der Waals surface area contributed by atoms with Crippen LogP contribution < -0.4 is 5.32 Å². The Kier molecular flexibility index (Phi) is 5.13. The number of thioether (sulfide) groups is 1. The molecule has 2 rings (SSSR count). The quantitative estimate of drug-likeness (QED) is 0.821. The fourth-order valence-corrected chi connectivity index (χ4v) is 3.85. The molecule has 0 saturated heterocycles. The molecule has 0 spiro atoms. The van der Waals surface area contributed by atoms with Gasteiger partial charge in [-0.1, -0.05) is 38.5 Å². The standard InChI is InChI=1S/C16H25NS/c1-4-12(2)9-13(3)17-10-14-11-18-16-8-6-5-7-15(14)16/h5-8,12-14,17H,4,9-11H2,1-3H3. The van der Waals surface area contributed by atoms with E-state index < -0.39 is 0 Å². The number of nitrogens with one attached hydrogen (secondary N) is 1. The van der Waals surface area contributed by atoms with Gasteiger partial charge in [-0.25, -0.2) is 0 Å². The van der Waals surface area contributed by atoms with E-state index in [4.69, 9.17) is 0 Å². The van der Waals surface area contributed by atoms with Gasteiger partial charge in [0.1, 0.15) is 0 Å². The van der Waals surface area contributed by atoms with E-state index in [-0.39, 0.29) is 0 Å². The van der Waals surface area contributed by atoms with E-state index >= 15 is 0 Å². The number of benzene rings is 1. The highest BCUT2D eigenvalue weighted by Crippen LogP contribution is 2.38. The zero-order valence-electron chi connectivity index (χ0n) is 11.8. The van der Waals surface area contributed by atoms with Crippen LogP contribution in [-0.2, 0) is 0 Å². The predicted molar refractivity (Wildman–Crippen MR) is 81.4 cm³/mol. The predicted octanol–water partition coefficient (Wildman–Crippen LogP) is 4.29. The molecule has 0 amide bonds. The summed E-state index contributed by atoms with van der Waals surface area (Å²) in [4.78, 5) is 1.49. The van der Waals surface area contributed by atoms with E-state index in [0.717, 1.165) is 12.5 Å². The van der Waals surface area contributed by atoms with Crippen molar-refractivity contribution in [3.63, 3.8) is 0 Å². The molecule has 1 heterocycles. The summed E-state index contributed by atoms with van der Waals surface area (Å²) in [5.41, 5.74) is 1.55. The summed E-state index contributed by atoms with van der Waals surface area (Å²) < 4.78 is 0. The summed E-state index contributed by atoms with van der Waals surface area (Å²) in [6.45, 7) is 8.07. The van der Waals surface area contributed by atoms with E-state index in [0.29, 0.717) is 12.0 Å². The molecule has 0 aromatic heterocycles. The van der Waals surface area contributed by atoms with Gasteiger partial charge in [-0.3, -0.25) is 0 Å². The summed E-state index contributed by atoms with van der Waals surface area (Å²) in [6.07, 6.45) is 2.58. The van der Waals surface area contributed by atoms with Crippen LogP contribution in [0, 0.1) is 5.92 Å². The Morgan fingerprint density at radius 2 is 2.11 bits per heavy atom. The topological polar surface area (TPSA) is 12.0 Å². The Morgan fingerprint density at radius 1 is 1.33 bits per heavy atom. The maximum Gasteiger partial charge on any atom is 0.0108 e. The lowest BCUT2D eigenvalue weighted by molar-refractivity contribution is 0.407. The molecule has 3 unspecified atom stereocenters. The molecule has 1 N–H and O–H groups in total. The second kappa shape index (κ2) is 6.63. The minimum absolute atomic E-state index is 0.637. The molecular formula is C16H25NS. The number of hydrogen-bond acceptors (Lipinski definition) is 2. The van der Waals surface area contributed by atoms with Crippen molar-refractivity contribution < 1.29 is 0 Å². The molecule has 2 heteroatoms. The Balaban J connectivity index is 1.82. The van der Waals surface area contributed by atoms with Crippen molar-refractivity contribution in [1.82, 2.24) is 5.32 Å². The van der Waals surface area contributed by atoms with E-state index in [2.05, 4.69) is 50.4 Å². The highest BCUT2D eigenvalue weighted by atomic mass is 32.2. The molecule has 0 fully saturated rings. The third kappa shape index (κ3) is 3.52. The largest absolute Gasteiger partial charge is 0.314 e. The minimum Gasteiger partial charge on any atom is -0.314 e. The van der Waals surface area contributed by atoms with Crippen molar-refractivity contribution in [2.45, 2.75) is 50.5 Å². The number of fused-ring (bicyclic) bond motifs is 1. The fraction of sp³-hybridized carbons (Fsp3) is 0.625. The third-order valence-electron chi connectivity index (χ3n) is 3.96. The normalized spacial score (nSPS) is 21.6. The molecule has 0 saturated carbocycles. The van der Waals surface area contributed by atoms with Gasteiger partial charge in [0.05, 0.1) is 0 Å². The molecule has 18 heavy (non-hydrogen) atoms. The van der Waals surface area contributed by atoms with E-state index in [1.54, 1.807) is 5.56 Å². The SMILES string of the molecule is CCC(C)CC(C)NCC1CSc2ccccc21. The van der Waals surface area contributed by atoms with Crippen LogP contribution in [-0.4, -0.2) is 18.3 Å². The first-order valence-electron chi connectivity index (χ1n) is 7.15. The van der Waals surface area contributed by atoms with Crippen LogP contribution in [0.25, 0.3) is 0 Å². The van der Waals surface area contributed by atoms with Crippen molar-refractivity contribution in [2.75, 3.05) is 12.3 Å². The van der Waals surface area contributed by atoms with E-state index in [9.17, 15) is 0 Å². The molecular weight excluding hydrogens is 238 g/mol. The van der Waals surface area contributed by atoms with Crippen LogP contribution in [0.1, 0.15) is 45.1 Å². The lowest BCUT2D eigenvalue weighted by Crippen LogP contribution is -2.31. The minimum atomic E-state index is 0.637. The Labute approximate surface area is 116 Å². The Bertz CT molecular complexity index is 377. The van der Waals surface area contributed by atoms with Crippen LogP contribution >= 0.6 is 11.8 Å². The van der Waals surface area contributed by atoms with Gasteiger partial charge < -0.3 is 5.32 Å². The second-order valence-corrected chi connectivity index (χ2v) is 6.67. The molecule has 1 aromatic carbocycles. The van der Waals surface area contributed by atoms with Gasteiger partial charge in [-0.05, 0) is 30.9 Å². The summed E-state index contributed by atoms with van der Waals surface area (Å²) in [5, 5.41) is 3.72. The molecule has 1 aliphatic heterocycles. The number of hydrogen-bond donors (Lipinski definition) is 1. The maximum absolute atomic E-state index is 3.72. The van der Waals surface area contributed by atoms with Crippen LogP contribution in [0.5, 0.6) is 0 Å². The summed E-state index contributed by atoms with van der Waals surface area (Å²) in [7, 11) is 0. The van der Waals surface area contributed by atoms with Gasteiger partial charge in [0.2, 0.25) is 0 Å². The van der Waals surface area contributed by atoms with Gasteiger partial charge in [-0.15, -0.1) is 11.8 Å².